The molecule has 0 amide bonds. The lowest BCUT2D eigenvalue weighted by Crippen LogP contribution is -2.26. The van der Waals surface area contributed by atoms with E-state index in [1.165, 1.54) is 22.7 Å². The van der Waals surface area contributed by atoms with Crippen LogP contribution < -0.4 is 9.46 Å². The lowest BCUT2D eigenvalue weighted by molar-refractivity contribution is 0.228. The second kappa shape index (κ2) is 8.99. The first-order valence-electron chi connectivity index (χ1n) is 8.37. The molecule has 8 heteroatoms. The van der Waals surface area contributed by atoms with Gasteiger partial charge in [-0.2, -0.15) is 0 Å². The highest BCUT2D eigenvalue weighted by molar-refractivity contribution is 7.89. The number of aliphatic hydroxyl groups is 1. The van der Waals surface area contributed by atoms with E-state index in [1.807, 2.05) is 53.9 Å². The fourth-order valence-electron chi connectivity index (χ4n) is 2.52. The molecule has 144 valence electrons. The van der Waals surface area contributed by atoms with Gasteiger partial charge in [0, 0.05) is 21.2 Å². The first-order chi connectivity index (χ1) is 13.0. The molecule has 27 heavy (non-hydrogen) atoms. The van der Waals surface area contributed by atoms with Crippen molar-refractivity contribution in [1.82, 2.24) is 4.72 Å². The maximum absolute atomic E-state index is 12.2. The largest absolute Gasteiger partial charge is 0.497 e. The Balaban J connectivity index is 1.52. The third-order valence-electron chi connectivity index (χ3n) is 4.05. The van der Waals surface area contributed by atoms with Gasteiger partial charge in [0.15, 0.2) is 0 Å². The van der Waals surface area contributed by atoms with Crippen LogP contribution in [-0.4, -0.2) is 26.4 Å². The van der Waals surface area contributed by atoms with Gasteiger partial charge in [0.1, 0.15) is 11.9 Å². The van der Waals surface area contributed by atoms with E-state index in [9.17, 15) is 13.5 Å². The summed E-state index contributed by atoms with van der Waals surface area (Å²) in [5.74, 6) is 0.771. The molecule has 0 spiro atoms. The lowest BCUT2D eigenvalue weighted by Gasteiger charge is -2.07. The van der Waals surface area contributed by atoms with Gasteiger partial charge in [-0.3, -0.25) is 0 Å². The molecule has 0 saturated heterocycles. The van der Waals surface area contributed by atoms with Crippen molar-refractivity contribution >= 4 is 32.7 Å². The summed E-state index contributed by atoms with van der Waals surface area (Å²) in [5.41, 5.74) is 0.943. The van der Waals surface area contributed by atoms with Gasteiger partial charge >= 0.3 is 0 Å². The Bertz CT molecular complexity index is 947. The zero-order valence-corrected chi connectivity index (χ0v) is 17.2. The van der Waals surface area contributed by atoms with Crippen molar-refractivity contribution in [2.75, 3.05) is 12.9 Å². The van der Waals surface area contributed by atoms with Crippen LogP contribution >= 0.6 is 22.7 Å². The number of hydrogen-bond acceptors (Lipinski definition) is 6. The summed E-state index contributed by atoms with van der Waals surface area (Å²) < 4.78 is 32.2. The van der Waals surface area contributed by atoms with Crippen LogP contribution in [-0.2, 0) is 23.0 Å². The van der Waals surface area contributed by atoms with Crippen LogP contribution in [0.1, 0.15) is 26.3 Å². The van der Waals surface area contributed by atoms with Crippen molar-refractivity contribution in [3.8, 4) is 5.75 Å². The number of nitrogens with one attached hydrogen (secondary N) is 1. The summed E-state index contributed by atoms with van der Waals surface area (Å²) in [4.78, 5) is 2.56. The molecule has 2 N–H and O–H groups in total. The SMILES string of the molecule is COc1ccc(CCS(=O)(=O)NCc2ccc(C(O)c3cccs3)s2)cc1. The number of hydrogen-bond donors (Lipinski definition) is 2. The number of sulfonamides is 1. The minimum atomic E-state index is -3.38. The van der Waals surface area contributed by atoms with Crippen molar-refractivity contribution in [1.29, 1.82) is 0 Å². The molecule has 0 saturated carbocycles. The second-order valence-corrected chi connectivity index (χ2v) is 10.1. The van der Waals surface area contributed by atoms with E-state index >= 15 is 0 Å². The summed E-state index contributed by atoms with van der Waals surface area (Å²) in [7, 11) is -1.79. The molecule has 2 heterocycles. The average molecular weight is 424 g/mol. The zero-order chi connectivity index (χ0) is 19.3. The standard InChI is InChI=1S/C19H21NO4S3/c1-24-15-6-4-14(5-7-15)10-12-27(22,23)20-13-16-8-9-18(26-16)19(21)17-3-2-11-25-17/h2-9,11,19-21H,10,12-13H2,1H3. The number of benzene rings is 1. The molecule has 2 aromatic heterocycles. The molecule has 3 aromatic rings. The van der Waals surface area contributed by atoms with Gasteiger partial charge in [0.2, 0.25) is 10.0 Å². The van der Waals surface area contributed by atoms with Crippen LogP contribution in [0.25, 0.3) is 0 Å². The second-order valence-electron chi connectivity index (χ2n) is 5.96. The van der Waals surface area contributed by atoms with Gasteiger partial charge in [0.05, 0.1) is 12.9 Å². The van der Waals surface area contributed by atoms with Crippen LogP contribution in [0, 0.1) is 0 Å². The first kappa shape index (κ1) is 20.0. The van der Waals surface area contributed by atoms with E-state index in [0.717, 1.165) is 25.9 Å². The van der Waals surface area contributed by atoms with Crippen molar-refractivity contribution < 1.29 is 18.3 Å². The van der Waals surface area contributed by atoms with Crippen LogP contribution in [0.4, 0.5) is 0 Å². The van der Waals surface area contributed by atoms with Gasteiger partial charge in [-0.05, 0) is 47.7 Å². The van der Waals surface area contributed by atoms with Crippen molar-refractivity contribution in [2.24, 2.45) is 0 Å². The molecular weight excluding hydrogens is 402 g/mol. The maximum Gasteiger partial charge on any atom is 0.212 e. The molecular formula is C19H21NO4S3. The predicted octanol–water partition coefficient (Wildman–Crippen LogP) is 3.56. The molecule has 1 unspecified atom stereocenters. The van der Waals surface area contributed by atoms with E-state index in [2.05, 4.69) is 4.72 Å². The van der Waals surface area contributed by atoms with Gasteiger partial charge < -0.3 is 9.84 Å². The molecule has 0 radical (unpaired) electrons. The van der Waals surface area contributed by atoms with Gasteiger partial charge in [-0.1, -0.05) is 18.2 Å². The Hall–Kier alpha value is -1.71. The minimum Gasteiger partial charge on any atom is -0.497 e. The predicted molar refractivity (Wildman–Crippen MR) is 110 cm³/mol. The maximum atomic E-state index is 12.2. The number of aryl methyl sites for hydroxylation is 1. The van der Waals surface area contributed by atoms with E-state index in [-0.39, 0.29) is 12.3 Å². The third-order valence-corrected chi connectivity index (χ3v) is 7.44. The van der Waals surface area contributed by atoms with Gasteiger partial charge in [-0.15, -0.1) is 22.7 Å². The normalized spacial score (nSPS) is 12.8. The van der Waals surface area contributed by atoms with E-state index in [0.29, 0.717) is 6.42 Å². The van der Waals surface area contributed by atoms with Crippen LogP contribution in [0.5, 0.6) is 5.75 Å². The average Bonchev–Trinajstić information content (AvgIpc) is 3.37. The van der Waals surface area contributed by atoms with E-state index in [1.54, 1.807) is 7.11 Å². The number of aliphatic hydroxyl groups excluding tert-OH is 1. The molecule has 1 atom stereocenters. The number of rotatable bonds is 9. The number of ether oxygens (including phenoxy) is 1. The van der Waals surface area contributed by atoms with Crippen molar-refractivity contribution in [3.63, 3.8) is 0 Å². The monoisotopic (exact) mass is 423 g/mol. The van der Waals surface area contributed by atoms with Crippen molar-refractivity contribution in [3.05, 3.63) is 74.1 Å². The Morgan fingerprint density at radius 2 is 1.89 bits per heavy atom. The Kier molecular flexibility index (Phi) is 6.67. The summed E-state index contributed by atoms with van der Waals surface area (Å²) in [6, 6.07) is 14.9. The highest BCUT2D eigenvalue weighted by Gasteiger charge is 2.15. The first-order valence-corrected chi connectivity index (χ1v) is 11.7. The summed E-state index contributed by atoms with van der Waals surface area (Å²) >= 11 is 2.91. The highest BCUT2D eigenvalue weighted by Crippen LogP contribution is 2.30. The molecule has 5 nitrogen and oxygen atoms in total. The minimum absolute atomic E-state index is 0.0232. The fourth-order valence-corrected chi connectivity index (χ4v) is 5.40. The van der Waals surface area contributed by atoms with Crippen LogP contribution in [0.15, 0.2) is 53.9 Å². The molecule has 0 bridgehead atoms. The van der Waals surface area contributed by atoms with E-state index < -0.39 is 16.1 Å². The Morgan fingerprint density at radius 3 is 2.56 bits per heavy atom. The Labute approximate surface area is 167 Å². The smallest absolute Gasteiger partial charge is 0.212 e. The molecule has 1 aromatic carbocycles. The quantitative estimate of drug-likeness (QED) is 0.552. The van der Waals surface area contributed by atoms with Crippen LogP contribution in [0.3, 0.4) is 0 Å². The summed E-state index contributed by atoms with van der Waals surface area (Å²) in [6.45, 7) is 0.229. The topological polar surface area (TPSA) is 75.6 Å². The number of methoxy groups -OCH3 is 1. The van der Waals surface area contributed by atoms with Gasteiger partial charge in [0.25, 0.3) is 0 Å². The molecule has 3 rings (SSSR count). The zero-order valence-electron chi connectivity index (χ0n) is 14.8. The summed E-state index contributed by atoms with van der Waals surface area (Å²) in [5, 5.41) is 12.3. The van der Waals surface area contributed by atoms with Crippen LogP contribution in [0.2, 0.25) is 0 Å². The van der Waals surface area contributed by atoms with Crippen molar-refractivity contribution in [2.45, 2.75) is 19.1 Å². The molecule has 0 fully saturated rings. The van der Waals surface area contributed by atoms with Gasteiger partial charge in [-0.25, -0.2) is 13.1 Å². The Morgan fingerprint density at radius 1 is 1.11 bits per heavy atom. The summed E-state index contributed by atoms with van der Waals surface area (Å²) in [6.07, 6.45) is -0.220. The molecule has 0 aliphatic heterocycles. The number of thiophene rings is 2. The van der Waals surface area contributed by atoms with E-state index in [4.69, 9.17) is 4.74 Å². The third kappa shape index (κ3) is 5.63. The molecule has 0 aliphatic carbocycles. The lowest BCUT2D eigenvalue weighted by atomic mass is 10.2. The fraction of sp³-hybridized carbons (Fsp3) is 0.263. The highest BCUT2D eigenvalue weighted by atomic mass is 32.2. The molecule has 0 aliphatic rings.